The first-order valence-corrected chi connectivity index (χ1v) is 8.09. The summed E-state index contributed by atoms with van der Waals surface area (Å²) < 4.78 is 14.8. The number of hydrogen-bond donors (Lipinski definition) is 1. The number of carbonyl (C=O) groups is 1. The molecular formula is C16H18N6O3. The minimum absolute atomic E-state index is 0.226. The van der Waals surface area contributed by atoms with Gasteiger partial charge in [0.2, 0.25) is 0 Å². The molecule has 0 aromatic carbocycles. The number of aryl methyl sites for hydroxylation is 1. The summed E-state index contributed by atoms with van der Waals surface area (Å²) in [4.78, 5) is 16.6. The number of ether oxygens (including phenoxy) is 2. The molecule has 4 heterocycles. The quantitative estimate of drug-likeness (QED) is 0.726. The predicted octanol–water partition coefficient (Wildman–Crippen LogP) is 0.522. The van der Waals surface area contributed by atoms with Gasteiger partial charge in [0, 0.05) is 18.9 Å². The van der Waals surface area contributed by atoms with Crippen LogP contribution >= 0.6 is 0 Å². The lowest BCUT2D eigenvalue weighted by atomic mass is 10.2. The van der Waals surface area contributed by atoms with Crippen LogP contribution in [0.3, 0.4) is 0 Å². The third kappa shape index (κ3) is 3.05. The SMILES string of the molecule is CCn1cc(O[C@@H]2COC[C@@H]2NC(=O)c2cnn3ccncc23)cn1. The minimum Gasteiger partial charge on any atom is -0.482 e. The Kier molecular flexibility index (Phi) is 4.06. The van der Waals surface area contributed by atoms with Gasteiger partial charge < -0.3 is 14.8 Å². The van der Waals surface area contributed by atoms with E-state index in [2.05, 4.69) is 20.5 Å². The van der Waals surface area contributed by atoms with E-state index < -0.39 is 0 Å². The van der Waals surface area contributed by atoms with E-state index >= 15 is 0 Å². The molecule has 1 fully saturated rings. The number of nitrogens with zero attached hydrogens (tertiary/aromatic N) is 5. The van der Waals surface area contributed by atoms with Crippen LogP contribution in [0.4, 0.5) is 0 Å². The van der Waals surface area contributed by atoms with Gasteiger partial charge in [0.15, 0.2) is 5.75 Å². The van der Waals surface area contributed by atoms with Crippen molar-refractivity contribution in [2.24, 2.45) is 0 Å². The number of fused-ring (bicyclic) bond motifs is 1. The van der Waals surface area contributed by atoms with E-state index in [4.69, 9.17) is 9.47 Å². The monoisotopic (exact) mass is 342 g/mol. The molecule has 1 amide bonds. The van der Waals surface area contributed by atoms with E-state index in [0.29, 0.717) is 30.0 Å². The van der Waals surface area contributed by atoms with E-state index in [1.54, 1.807) is 34.0 Å². The van der Waals surface area contributed by atoms with E-state index in [1.165, 1.54) is 6.20 Å². The second-order valence-corrected chi connectivity index (χ2v) is 5.77. The Morgan fingerprint density at radius 3 is 3.12 bits per heavy atom. The maximum atomic E-state index is 12.6. The third-order valence-electron chi connectivity index (χ3n) is 4.14. The highest BCUT2D eigenvalue weighted by molar-refractivity contribution is 6.00. The summed E-state index contributed by atoms with van der Waals surface area (Å²) in [5.41, 5.74) is 1.12. The molecule has 0 aliphatic carbocycles. The summed E-state index contributed by atoms with van der Waals surface area (Å²) >= 11 is 0. The van der Waals surface area contributed by atoms with Crippen LogP contribution < -0.4 is 10.1 Å². The molecule has 0 saturated carbocycles. The van der Waals surface area contributed by atoms with Gasteiger partial charge in [-0.2, -0.15) is 10.2 Å². The molecule has 25 heavy (non-hydrogen) atoms. The Hall–Kier alpha value is -2.94. The van der Waals surface area contributed by atoms with Crippen molar-refractivity contribution < 1.29 is 14.3 Å². The summed E-state index contributed by atoms with van der Waals surface area (Å²) in [5, 5.41) is 11.3. The van der Waals surface area contributed by atoms with E-state index in [0.717, 1.165) is 6.54 Å². The van der Waals surface area contributed by atoms with Crippen molar-refractivity contribution in [2.75, 3.05) is 13.2 Å². The fourth-order valence-corrected chi connectivity index (χ4v) is 2.79. The van der Waals surface area contributed by atoms with E-state index in [1.807, 2.05) is 13.1 Å². The molecule has 0 spiro atoms. The normalized spacial score (nSPS) is 20.0. The fraction of sp³-hybridized carbons (Fsp3) is 0.375. The zero-order valence-corrected chi connectivity index (χ0v) is 13.7. The van der Waals surface area contributed by atoms with Crippen molar-refractivity contribution in [3.63, 3.8) is 0 Å². The Bertz CT molecular complexity index is 889. The van der Waals surface area contributed by atoms with Gasteiger partial charge in [-0.1, -0.05) is 0 Å². The largest absolute Gasteiger partial charge is 0.482 e. The maximum absolute atomic E-state index is 12.6. The molecule has 4 rings (SSSR count). The van der Waals surface area contributed by atoms with Crippen LogP contribution in [0.2, 0.25) is 0 Å². The highest BCUT2D eigenvalue weighted by Gasteiger charge is 2.32. The van der Waals surface area contributed by atoms with Gasteiger partial charge in [-0.3, -0.25) is 14.5 Å². The van der Waals surface area contributed by atoms with Gasteiger partial charge in [0.05, 0.1) is 55.1 Å². The molecular weight excluding hydrogens is 324 g/mol. The van der Waals surface area contributed by atoms with Crippen LogP contribution in [0, 0.1) is 0 Å². The van der Waals surface area contributed by atoms with Crippen LogP contribution in [0.25, 0.3) is 5.52 Å². The lowest BCUT2D eigenvalue weighted by Gasteiger charge is -2.19. The fourth-order valence-electron chi connectivity index (χ4n) is 2.79. The molecule has 1 aliphatic rings. The molecule has 1 aliphatic heterocycles. The van der Waals surface area contributed by atoms with Crippen molar-refractivity contribution in [3.05, 3.63) is 42.7 Å². The summed E-state index contributed by atoms with van der Waals surface area (Å²) in [6.45, 7) is 3.59. The Labute approximate surface area is 143 Å². The lowest BCUT2D eigenvalue weighted by Crippen LogP contribution is -2.45. The number of carbonyl (C=O) groups excluding carboxylic acids is 1. The average molecular weight is 342 g/mol. The van der Waals surface area contributed by atoms with Crippen molar-refractivity contribution in [1.29, 1.82) is 0 Å². The van der Waals surface area contributed by atoms with Gasteiger partial charge in [-0.25, -0.2) is 4.52 Å². The Balaban J connectivity index is 1.46. The smallest absolute Gasteiger partial charge is 0.255 e. The zero-order valence-electron chi connectivity index (χ0n) is 13.7. The summed E-state index contributed by atoms with van der Waals surface area (Å²) in [6.07, 6.45) is 9.68. The summed E-state index contributed by atoms with van der Waals surface area (Å²) in [6, 6.07) is -0.246. The van der Waals surface area contributed by atoms with Crippen molar-refractivity contribution in [1.82, 2.24) is 29.7 Å². The van der Waals surface area contributed by atoms with E-state index in [-0.39, 0.29) is 18.1 Å². The number of hydrogen-bond acceptors (Lipinski definition) is 6. The number of rotatable bonds is 5. The van der Waals surface area contributed by atoms with Crippen LogP contribution in [-0.2, 0) is 11.3 Å². The van der Waals surface area contributed by atoms with Crippen LogP contribution in [0.1, 0.15) is 17.3 Å². The lowest BCUT2D eigenvalue weighted by molar-refractivity contribution is 0.0905. The molecule has 0 unspecified atom stereocenters. The average Bonchev–Trinajstić information content (AvgIpc) is 3.35. The predicted molar refractivity (Wildman–Crippen MR) is 87.4 cm³/mol. The number of amides is 1. The second kappa shape index (κ2) is 6.52. The van der Waals surface area contributed by atoms with Crippen LogP contribution in [0.5, 0.6) is 5.75 Å². The first-order valence-electron chi connectivity index (χ1n) is 8.09. The second-order valence-electron chi connectivity index (χ2n) is 5.77. The van der Waals surface area contributed by atoms with Gasteiger partial charge >= 0.3 is 0 Å². The molecule has 1 N–H and O–H groups in total. The summed E-state index contributed by atoms with van der Waals surface area (Å²) in [5.74, 6) is 0.438. The molecule has 2 atom stereocenters. The van der Waals surface area contributed by atoms with Gasteiger partial charge in [-0.15, -0.1) is 0 Å². The maximum Gasteiger partial charge on any atom is 0.255 e. The highest BCUT2D eigenvalue weighted by atomic mass is 16.5. The number of nitrogens with one attached hydrogen (secondary N) is 1. The summed E-state index contributed by atoms with van der Waals surface area (Å²) in [7, 11) is 0. The first-order chi connectivity index (χ1) is 12.2. The molecule has 9 nitrogen and oxygen atoms in total. The van der Waals surface area contributed by atoms with Crippen LogP contribution in [0.15, 0.2) is 37.2 Å². The van der Waals surface area contributed by atoms with Crippen molar-refractivity contribution in [3.8, 4) is 5.75 Å². The molecule has 1 saturated heterocycles. The molecule has 3 aromatic rings. The van der Waals surface area contributed by atoms with Gasteiger partial charge in [0.1, 0.15) is 6.10 Å². The zero-order chi connectivity index (χ0) is 17.2. The van der Waals surface area contributed by atoms with Crippen molar-refractivity contribution in [2.45, 2.75) is 25.6 Å². The molecule has 0 radical (unpaired) electrons. The van der Waals surface area contributed by atoms with E-state index in [9.17, 15) is 4.79 Å². The molecule has 9 heteroatoms. The number of aromatic nitrogens is 5. The van der Waals surface area contributed by atoms with Gasteiger partial charge in [0.25, 0.3) is 5.91 Å². The standard InChI is InChI=1S/C16H18N6O3/c1-2-21-8-11(5-18-21)25-15-10-24-9-13(15)20-16(23)12-6-19-22-4-3-17-7-14(12)22/h3-8,13,15H,2,9-10H2,1H3,(H,20,23)/t13-,15+/m0/s1. The highest BCUT2D eigenvalue weighted by Crippen LogP contribution is 2.17. The molecule has 3 aromatic heterocycles. The van der Waals surface area contributed by atoms with Gasteiger partial charge in [-0.05, 0) is 6.92 Å². The topological polar surface area (TPSA) is 95.6 Å². The first kappa shape index (κ1) is 15.6. The van der Waals surface area contributed by atoms with Crippen molar-refractivity contribution >= 4 is 11.4 Å². The Morgan fingerprint density at radius 2 is 2.28 bits per heavy atom. The third-order valence-corrected chi connectivity index (χ3v) is 4.14. The molecule has 130 valence electrons. The minimum atomic E-state index is -0.265. The Morgan fingerprint density at radius 1 is 1.36 bits per heavy atom. The molecule has 0 bridgehead atoms. The van der Waals surface area contributed by atoms with Crippen LogP contribution in [-0.4, -0.2) is 55.6 Å².